The van der Waals surface area contributed by atoms with E-state index in [4.69, 9.17) is 0 Å². The molecule has 96 valence electrons. The number of imidazole rings is 1. The van der Waals surface area contributed by atoms with Crippen LogP contribution in [0.15, 0.2) is 41.4 Å². The fourth-order valence-corrected chi connectivity index (χ4v) is 2.18. The van der Waals surface area contributed by atoms with Crippen molar-refractivity contribution in [3.05, 3.63) is 52.8 Å². The third kappa shape index (κ3) is 2.73. The lowest BCUT2D eigenvalue weighted by molar-refractivity contribution is 1.03. The van der Waals surface area contributed by atoms with Gasteiger partial charge in [-0.25, -0.2) is 9.97 Å². The summed E-state index contributed by atoms with van der Waals surface area (Å²) in [5, 5.41) is 3.22. The van der Waals surface area contributed by atoms with E-state index in [1.165, 1.54) is 0 Å². The van der Waals surface area contributed by atoms with Crippen molar-refractivity contribution in [2.75, 3.05) is 5.32 Å². The second-order valence-electron chi connectivity index (χ2n) is 4.24. The van der Waals surface area contributed by atoms with Crippen LogP contribution in [0.1, 0.15) is 11.4 Å². The van der Waals surface area contributed by atoms with Crippen molar-refractivity contribution >= 4 is 27.4 Å². The maximum Gasteiger partial charge on any atom is 0.145 e. The van der Waals surface area contributed by atoms with E-state index in [0.29, 0.717) is 6.54 Å². The molecular formula is C13H12BrN5. The number of aryl methyl sites for hydroxylation is 1. The number of pyridine rings is 1. The van der Waals surface area contributed by atoms with Crippen molar-refractivity contribution in [2.24, 2.45) is 0 Å². The molecule has 0 aliphatic rings. The minimum absolute atomic E-state index is 0.622. The molecule has 0 spiro atoms. The minimum atomic E-state index is 0.622. The molecule has 0 aromatic carbocycles. The van der Waals surface area contributed by atoms with E-state index in [1.807, 2.05) is 35.9 Å². The molecule has 0 saturated heterocycles. The molecule has 0 aliphatic carbocycles. The first kappa shape index (κ1) is 12.1. The number of hydrogen-bond acceptors (Lipinski definition) is 4. The van der Waals surface area contributed by atoms with Gasteiger partial charge in [-0.05, 0) is 35.0 Å². The van der Waals surface area contributed by atoms with Crippen molar-refractivity contribution in [1.29, 1.82) is 0 Å². The molecule has 0 unspecified atom stereocenters. The molecule has 0 fully saturated rings. The molecule has 3 aromatic heterocycles. The Morgan fingerprint density at radius 3 is 2.95 bits per heavy atom. The number of nitrogens with zero attached hydrogens (tertiary/aromatic N) is 4. The summed E-state index contributed by atoms with van der Waals surface area (Å²) in [6.07, 6.45) is 7.42. The second-order valence-corrected chi connectivity index (χ2v) is 5.16. The lowest BCUT2D eigenvalue weighted by Gasteiger charge is -2.02. The molecule has 3 aromatic rings. The summed E-state index contributed by atoms with van der Waals surface area (Å²) >= 11 is 3.44. The normalized spacial score (nSPS) is 10.8. The van der Waals surface area contributed by atoms with E-state index < -0.39 is 0 Å². The first-order valence-corrected chi connectivity index (χ1v) is 6.66. The molecule has 0 bridgehead atoms. The van der Waals surface area contributed by atoms with Crippen molar-refractivity contribution in [2.45, 2.75) is 13.5 Å². The number of rotatable bonds is 3. The molecule has 3 heterocycles. The molecule has 0 radical (unpaired) electrons. The van der Waals surface area contributed by atoms with Crippen LogP contribution in [-0.2, 0) is 6.54 Å². The third-order valence-electron chi connectivity index (χ3n) is 2.67. The third-order valence-corrected chi connectivity index (χ3v) is 3.14. The van der Waals surface area contributed by atoms with E-state index in [0.717, 1.165) is 27.3 Å². The van der Waals surface area contributed by atoms with Crippen molar-refractivity contribution in [3.63, 3.8) is 0 Å². The molecule has 3 rings (SSSR count). The first-order valence-electron chi connectivity index (χ1n) is 5.86. The smallest absolute Gasteiger partial charge is 0.145 e. The van der Waals surface area contributed by atoms with Gasteiger partial charge in [0.2, 0.25) is 0 Å². The molecule has 0 aliphatic heterocycles. The average Bonchev–Trinajstić information content (AvgIpc) is 2.78. The number of halogens is 1. The summed E-state index contributed by atoms with van der Waals surface area (Å²) in [7, 11) is 0. The highest BCUT2D eigenvalue weighted by Gasteiger charge is 2.02. The summed E-state index contributed by atoms with van der Waals surface area (Å²) in [4.78, 5) is 13.0. The topological polar surface area (TPSA) is 55.1 Å². The fourth-order valence-electron chi connectivity index (χ4n) is 1.83. The monoisotopic (exact) mass is 317 g/mol. The summed E-state index contributed by atoms with van der Waals surface area (Å²) in [5.41, 5.74) is 2.78. The number of fused-ring (bicyclic) bond motifs is 1. The molecule has 6 heteroatoms. The standard InChI is InChI=1S/C13H12BrN5/c1-9-4-15-6-12(17-9)16-5-11-8-19-7-10(14)2-3-13(19)18-11/h2-4,6-8H,5H2,1H3,(H,16,17). The fraction of sp³-hybridized carbons (Fsp3) is 0.154. The molecule has 19 heavy (non-hydrogen) atoms. The van der Waals surface area contributed by atoms with Gasteiger partial charge in [0.25, 0.3) is 0 Å². The first-order chi connectivity index (χ1) is 9.20. The highest BCUT2D eigenvalue weighted by molar-refractivity contribution is 9.10. The van der Waals surface area contributed by atoms with Gasteiger partial charge in [-0.1, -0.05) is 0 Å². The van der Waals surface area contributed by atoms with Crippen LogP contribution in [0.25, 0.3) is 5.65 Å². The lowest BCUT2D eigenvalue weighted by atomic mass is 10.4. The Balaban J connectivity index is 1.78. The summed E-state index contributed by atoms with van der Waals surface area (Å²) < 4.78 is 3.02. The quantitative estimate of drug-likeness (QED) is 0.807. The zero-order valence-corrected chi connectivity index (χ0v) is 11.9. The Bertz CT molecular complexity index is 722. The number of anilines is 1. The van der Waals surface area contributed by atoms with Crippen molar-refractivity contribution in [1.82, 2.24) is 19.4 Å². The van der Waals surface area contributed by atoms with Gasteiger partial charge in [0.1, 0.15) is 11.5 Å². The Morgan fingerprint density at radius 2 is 2.11 bits per heavy atom. The van der Waals surface area contributed by atoms with Gasteiger partial charge < -0.3 is 9.72 Å². The summed E-state index contributed by atoms with van der Waals surface area (Å²) in [6, 6.07) is 3.95. The molecule has 1 N–H and O–H groups in total. The molecule has 0 amide bonds. The molecule has 0 atom stereocenters. The SMILES string of the molecule is Cc1cncc(NCc2cn3cc(Br)ccc3n2)n1. The number of hydrogen-bond donors (Lipinski definition) is 1. The van der Waals surface area contributed by atoms with Gasteiger partial charge in [0.05, 0.1) is 24.1 Å². The van der Waals surface area contributed by atoms with Gasteiger partial charge in [-0.2, -0.15) is 0 Å². The Morgan fingerprint density at radius 1 is 1.21 bits per heavy atom. The summed E-state index contributed by atoms with van der Waals surface area (Å²) in [5.74, 6) is 0.762. The van der Waals surface area contributed by atoms with E-state index in [-0.39, 0.29) is 0 Å². The van der Waals surface area contributed by atoms with Gasteiger partial charge in [-0.15, -0.1) is 0 Å². The van der Waals surface area contributed by atoms with Gasteiger partial charge in [-0.3, -0.25) is 4.98 Å². The van der Waals surface area contributed by atoms with Crippen LogP contribution in [0.5, 0.6) is 0 Å². The van der Waals surface area contributed by atoms with E-state index in [2.05, 4.69) is 36.2 Å². The van der Waals surface area contributed by atoms with Crippen LogP contribution >= 0.6 is 15.9 Å². The zero-order chi connectivity index (χ0) is 13.2. The zero-order valence-electron chi connectivity index (χ0n) is 10.3. The largest absolute Gasteiger partial charge is 0.363 e. The molecular weight excluding hydrogens is 306 g/mol. The van der Waals surface area contributed by atoms with Gasteiger partial charge >= 0.3 is 0 Å². The molecule has 0 saturated carbocycles. The Hall–Kier alpha value is -1.95. The van der Waals surface area contributed by atoms with Crippen LogP contribution in [0.2, 0.25) is 0 Å². The highest BCUT2D eigenvalue weighted by atomic mass is 79.9. The van der Waals surface area contributed by atoms with Gasteiger partial charge in [0, 0.05) is 23.1 Å². The minimum Gasteiger partial charge on any atom is -0.363 e. The Kier molecular flexibility index (Phi) is 3.16. The van der Waals surface area contributed by atoms with Gasteiger partial charge in [0.15, 0.2) is 0 Å². The number of nitrogens with one attached hydrogen (secondary N) is 1. The maximum absolute atomic E-state index is 4.52. The van der Waals surface area contributed by atoms with Crippen LogP contribution in [0.3, 0.4) is 0 Å². The van der Waals surface area contributed by atoms with Crippen LogP contribution < -0.4 is 5.32 Å². The maximum atomic E-state index is 4.52. The van der Waals surface area contributed by atoms with Crippen LogP contribution in [-0.4, -0.2) is 19.4 Å². The summed E-state index contributed by atoms with van der Waals surface area (Å²) in [6.45, 7) is 2.54. The van der Waals surface area contributed by atoms with Crippen molar-refractivity contribution < 1.29 is 0 Å². The lowest BCUT2D eigenvalue weighted by Crippen LogP contribution is -2.02. The highest BCUT2D eigenvalue weighted by Crippen LogP contribution is 2.13. The van der Waals surface area contributed by atoms with E-state index in [1.54, 1.807) is 12.4 Å². The predicted molar refractivity (Wildman–Crippen MR) is 77.0 cm³/mol. The Labute approximate surface area is 118 Å². The number of aromatic nitrogens is 4. The van der Waals surface area contributed by atoms with Crippen LogP contribution in [0.4, 0.5) is 5.82 Å². The van der Waals surface area contributed by atoms with E-state index in [9.17, 15) is 0 Å². The van der Waals surface area contributed by atoms with Crippen LogP contribution in [0, 0.1) is 6.92 Å². The van der Waals surface area contributed by atoms with Crippen molar-refractivity contribution in [3.8, 4) is 0 Å². The second kappa shape index (κ2) is 4.97. The average molecular weight is 318 g/mol. The molecule has 5 nitrogen and oxygen atoms in total. The van der Waals surface area contributed by atoms with E-state index >= 15 is 0 Å². The predicted octanol–water partition coefficient (Wildman–Crippen LogP) is 2.81.